The van der Waals surface area contributed by atoms with E-state index in [1.54, 1.807) is 7.05 Å². The van der Waals surface area contributed by atoms with Crippen molar-refractivity contribution in [3.05, 3.63) is 27.1 Å². The molecule has 0 saturated heterocycles. The van der Waals surface area contributed by atoms with E-state index in [9.17, 15) is 0 Å². The summed E-state index contributed by atoms with van der Waals surface area (Å²) >= 11 is 6.86. The lowest BCUT2D eigenvalue weighted by Crippen LogP contribution is -2.05. The number of anilines is 3. The maximum Gasteiger partial charge on any atom is 0.322 e. The Kier molecular flexibility index (Phi) is 4.54. The number of halogens is 2. The fraction of sp³-hybridized carbons (Fsp3) is 0.182. The van der Waals surface area contributed by atoms with Gasteiger partial charge in [-0.1, -0.05) is 15.9 Å². The number of aromatic nitrogens is 3. The number of nitrogens with zero attached hydrogens (tertiary/aromatic N) is 3. The molecule has 0 saturated carbocycles. The molecular weight excluding hydrogens is 378 g/mol. The lowest BCUT2D eigenvalue weighted by Gasteiger charge is -2.09. The predicted molar refractivity (Wildman–Crippen MR) is 81.1 cm³/mol. The van der Waals surface area contributed by atoms with Gasteiger partial charge < -0.3 is 15.4 Å². The van der Waals surface area contributed by atoms with E-state index in [-0.39, 0.29) is 6.01 Å². The molecule has 2 aromatic rings. The number of hydrogen-bond donors (Lipinski definition) is 2. The van der Waals surface area contributed by atoms with Crippen molar-refractivity contribution >= 4 is 49.4 Å². The summed E-state index contributed by atoms with van der Waals surface area (Å²) in [5, 5.41) is 5.95. The smallest absolute Gasteiger partial charge is 0.322 e. The van der Waals surface area contributed by atoms with Crippen molar-refractivity contribution in [1.82, 2.24) is 15.0 Å². The second-order valence-corrected chi connectivity index (χ2v) is 5.24. The second kappa shape index (κ2) is 6.16. The molecule has 19 heavy (non-hydrogen) atoms. The maximum absolute atomic E-state index is 5.02. The Morgan fingerprint density at radius 1 is 1.11 bits per heavy atom. The molecule has 100 valence electrons. The van der Waals surface area contributed by atoms with Crippen molar-refractivity contribution < 1.29 is 4.74 Å². The normalized spacial score (nSPS) is 10.1. The topological polar surface area (TPSA) is 72.0 Å². The third-order valence-corrected chi connectivity index (χ3v) is 3.35. The average molecular weight is 389 g/mol. The third-order valence-electron chi connectivity index (χ3n) is 2.20. The van der Waals surface area contributed by atoms with Gasteiger partial charge in [0.1, 0.15) is 0 Å². The Bertz CT molecular complexity index is 571. The summed E-state index contributed by atoms with van der Waals surface area (Å²) in [7, 11) is 3.24. The fourth-order valence-corrected chi connectivity index (χ4v) is 2.47. The number of nitrogens with one attached hydrogen (secondary N) is 2. The van der Waals surface area contributed by atoms with E-state index in [1.165, 1.54) is 7.11 Å². The van der Waals surface area contributed by atoms with Crippen LogP contribution in [-0.4, -0.2) is 29.1 Å². The van der Waals surface area contributed by atoms with E-state index < -0.39 is 0 Å². The number of hydrogen-bond acceptors (Lipinski definition) is 6. The minimum atomic E-state index is 0.245. The Balaban J connectivity index is 2.31. The van der Waals surface area contributed by atoms with Gasteiger partial charge in [-0.05, 0) is 34.1 Å². The van der Waals surface area contributed by atoms with Crippen molar-refractivity contribution in [1.29, 1.82) is 0 Å². The van der Waals surface area contributed by atoms with Gasteiger partial charge in [0.2, 0.25) is 11.9 Å². The molecule has 1 aromatic heterocycles. The predicted octanol–water partition coefficient (Wildman–Crippen LogP) is 3.19. The van der Waals surface area contributed by atoms with Gasteiger partial charge in [-0.15, -0.1) is 0 Å². The van der Waals surface area contributed by atoms with Crippen LogP contribution in [0.5, 0.6) is 6.01 Å². The van der Waals surface area contributed by atoms with Crippen LogP contribution in [0, 0.1) is 0 Å². The van der Waals surface area contributed by atoms with E-state index in [0.29, 0.717) is 11.9 Å². The van der Waals surface area contributed by atoms with Crippen LogP contribution >= 0.6 is 31.9 Å². The van der Waals surface area contributed by atoms with Crippen LogP contribution in [-0.2, 0) is 0 Å². The highest BCUT2D eigenvalue weighted by Crippen LogP contribution is 2.28. The monoisotopic (exact) mass is 387 g/mol. The van der Waals surface area contributed by atoms with Gasteiger partial charge in [0.05, 0.1) is 12.8 Å². The summed E-state index contributed by atoms with van der Waals surface area (Å²) in [6.45, 7) is 0. The van der Waals surface area contributed by atoms with Crippen LogP contribution < -0.4 is 15.4 Å². The van der Waals surface area contributed by atoms with Gasteiger partial charge in [0, 0.05) is 16.0 Å². The van der Waals surface area contributed by atoms with E-state index in [1.807, 2.05) is 18.2 Å². The molecule has 0 aliphatic rings. The summed E-state index contributed by atoms with van der Waals surface area (Å²) < 4.78 is 6.90. The van der Waals surface area contributed by atoms with E-state index in [4.69, 9.17) is 4.74 Å². The van der Waals surface area contributed by atoms with Crippen LogP contribution in [0.4, 0.5) is 17.6 Å². The lowest BCUT2D eigenvalue weighted by atomic mass is 10.3. The Hall–Kier alpha value is -1.41. The zero-order valence-corrected chi connectivity index (χ0v) is 13.4. The molecular formula is C11H11Br2N5O. The summed E-state index contributed by atoms with van der Waals surface area (Å²) in [6, 6.07) is 6.00. The molecule has 2 rings (SSSR count). The van der Waals surface area contributed by atoms with Gasteiger partial charge in [0.25, 0.3) is 0 Å². The molecule has 0 fully saturated rings. The van der Waals surface area contributed by atoms with Crippen LogP contribution in [0.3, 0.4) is 0 Å². The van der Waals surface area contributed by atoms with Gasteiger partial charge in [0.15, 0.2) is 0 Å². The van der Waals surface area contributed by atoms with E-state index in [0.717, 1.165) is 14.6 Å². The Morgan fingerprint density at radius 3 is 2.47 bits per heavy atom. The molecule has 8 heteroatoms. The fourth-order valence-electron chi connectivity index (χ4n) is 1.33. The van der Waals surface area contributed by atoms with E-state index >= 15 is 0 Å². The molecule has 1 heterocycles. The van der Waals surface area contributed by atoms with Crippen LogP contribution in [0.1, 0.15) is 0 Å². The van der Waals surface area contributed by atoms with Crippen molar-refractivity contribution in [3.63, 3.8) is 0 Å². The molecule has 0 atom stereocenters. The zero-order chi connectivity index (χ0) is 13.8. The van der Waals surface area contributed by atoms with Gasteiger partial charge >= 0.3 is 6.01 Å². The number of methoxy groups -OCH3 is 1. The van der Waals surface area contributed by atoms with Gasteiger partial charge in [-0.25, -0.2) is 0 Å². The molecule has 0 amide bonds. The molecule has 2 N–H and O–H groups in total. The zero-order valence-electron chi connectivity index (χ0n) is 10.2. The molecule has 1 aromatic carbocycles. The van der Waals surface area contributed by atoms with Crippen LogP contribution in [0.2, 0.25) is 0 Å². The largest absolute Gasteiger partial charge is 0.467 e. The summed E-state index contributed by atoms with van der Waals surface area (Å²) in [4.78, 5) is 12.4. The summed E-state index contributed by atoms with van der Waals surface area (Å²) in [5.41, 5.74) is 0.846. The van der Waals surface area contributed by atoms with Crippen molar-refractivity contribution in [2.45, 2.75) is 0 Å². The van der Waals surface area contributed by atoms with Crippen molar-refractivity contribution in [3.8, 4) is 6.01 Å². The first kappa shape index (κ1) is 14.0. The number of rotatable bonds is 4. The highest BCUT2D eigenvalue weighted by Gasteiger charge is 2.08. The quantitative estimate of drug-likeness (QED) is 0.837. The first-order valence-corrected chi connectivity index (χ1v) is 6.91. The molecule has 0 spiro atoms. The summed E-state index contributed by atoms with van der Waals surface area (Å²) in [6.07, 6.45) is 0. The maximum atomic E-state index is 5.02. The Morgan fingerprint density at radius 2 is 1.84 bits per heavy atom. The molecule has 0 unspecified atom stereocenters. The molecule has 0 radical (unpaired) electrons. The Labute approximate surface area is 127 Å². The standard InChI is InChI=1S/C11H11Br2N5O/c1-14-9-16-10(18-11(17-9)19-2)15-8-4-3-6(12)5-7(8)13/h3-5H,1-2H3,(H2,14,15,16,17,18). The SMILES string of the molecule is CNc1nc(Nc2ccc(Br)cc2Br)nc(OC)n1. The molecule has 6 nitrogen and oxygen atoms in total. The van der Waals surface area contributed by atoms with Crippen LogP contribution in [0.25, 0.3) is 0 Å². The number of ether oxygens (including phenoxy) is 1. The number of benzene rings is 1. The lowest BCUT2D eigenvalue weighted by molar-refractivity contribution is 0.379. The first-order valence-electron chi connectivity index (χ1n) is 5.32. The minimum absolute atomic E-state index is 0.245. The average Bonchev–Trinajstić information content (AvgIpc) is 2.41. The van der Waals surface area contributed by atoms with Gasteiger partial charge in [-0.2, -0.15) is 15.0 Å². The van der Waals surface area contributed by atoms with Crippen LogP contribution in [0.15, 0.2) is 27.1 Å². The minimum Gasteiger partial charge on any atom is -0.467 e. The highest BCUT2D eigenvalue weighted by molar-refractivity contribution is 9.11. The van der Waals surface area contributed by atoms with Crippen molar-refractivity contribution in [2.75, 3.05) is 24.8 Å². The van der Waals surface area contributed by atoms with E-state index in [2.05, 4.69) is 57.4 Å². The summed E-state index contributed by atoms with van der Waals surface area (Å²) in [5.74, 6) is 0.835. The highest BCUT2D eigenvalue weighted by atomic mass is 79.9. The molecule has 0 aliphatic carbocycles. The third kappa shape index (κ3) is 3.54. The molecule has 0 bridgehead atoms. The first-order chi connectivity index (χ1) is 9.12. The van der Waals surface area contributed by atoms with Crippen molar-refractivity contribution in [2.24, 2.45) is 0 Å². The second-order valence-electron chi connectivity index (χ2n) is 3.47. The van der Waals surface area contributed by atoms with Gasteiger partial charge in [-0.3, -0.25) is 0 Å². The molecule has 0 aliphatic heterocycles.